The first-order valence-electron chi connectivity index (χ1n) is 8.27. The monoisotopic (exact) mass is 395 g/mol. The standard InChI is InChI=1S/C16H21N5O5S/c1-3-21(4-2)27(25,26)14-7-5-6-12(8-14)16(24)17-9-13-10-20(19-18-13)11-15(22)23/h5-8,10H,3-4,9,11H2,1-2H3,(H,17,24)(H,22,23). The first kappa shape index (κ1) is 20.5. The number of carboxylic acid groups (broad SMARTS) is 1. The van der Waals surface area contributed by atoms with E-state index >= 15 is 0 Å². The zero-order chi connectivity index (χ0) is 20.0. The number of carboxylic acids is 1. The van der Waals surface area contributed by atoms with Crippen molar-refractivity contribution in [2.75, 3.05) is 13.1 Å². The molecule has 0 saturated carbocycles. The number of nitrogens with one attached hydrogen (secondary N) is 1. The van der Waals surface area contributed by atoms with E-state index in [9.17, 15) is 18.0 Å². The van der Waals surface area contributed by atoms with Crippen molar-refractivity contribution < 1.29 is 23.1 Å². The summed E-state index contributed by atoms with van der Waals surface area (Å²) in [4.78, 5) is 23.0. The van der Waals surface area contributed by atoms with Crippen LogP contribution in [0.25, 0.3) is 0 Å². The van der Waals surface area contributed by atoms with Crippen LogP contribution in [0.2, 0.25) is 0 Å². The Kier molecular flexibility index (Phi) is 6.64. The number of carbonyl (C=O) groups is 2. The maximum atomic E-state index is 12.6. The highest BCUT2D eigenvalue weighted by molar-refractivity contribution is 7.89. The average Bonchev–Trinajstić information content (AvgIpc) is 3.07. The lowest BCUT2D eigenvalue weighted by molar-refractivity contribution is -0.137. The number of aromatic nitrogens is 3. The third-order valence-corrected chi connectivity index (χ3v) is 5.80. The summed E-state index contributed by atoms with van der Waals surface area (Å²) in [5, 5.41) is 18.7. The predicted molar refractivity (Wildman–Crippen MR) is 95.4 cm³/mol. The van der Waals surface area contributed by atoms with Crippen LogP contribution in [0.3, 0.4) is 0 Å². The van der Waals surface area contributed by atoms with Gasteiger partial charge in [0.25, 0.3) is 5.91 Å². The topological polar surface area (TPSA) is 134 Å². The summed E-state index contributed by atoms with van der Waals surface area (Å²) < 4.78 is 27.6. The zero-order valence-corrected chi connectivity index (χ0v) is 15.8. The molecule has 0 fully saturated rings. The van der Waals surface area contributed by atoms with Crippen molar-refractivity contribution in [3.05, 3.63) is 41.7 Å². The summed E-state index contributed by atoms with van der Waals surface area (Å²) >= 11 is 0. The molecule has 0 atom stereocenters. The molecule has 0 aliphatic rings. The summed E-state index contributed by atoms with van der Waals surface area (Å²) in [7, 11) is -3.66. The molecule has 0 spiro atoms. The van der Waals surface area contributed by atoms with Crippen molar-refractivity contribution in [3.63, 3.8) is 0 Å². The van der Waals surface area contributed by atoms with Gasteiger partial charge in [0, 0.05) is 18.7 Å². The molecule has 0 radical (unpaired) electrons. The molecular weight excluding hydrogens is 374 g/mol. The SMILES string of the molecule is CCN(CC)S(=O)(=O)c1cccc(C(=O)NCc2cn(CC(=O)O)nn2)c1. The smallest absolute Gasteiger partial charge is 0.325 e. The molecule has 1 aromatic carbocycles. The molecule has 0 saturated heterocycles. The molecule has 0 aliphatic heterocycles. The molecule has 11 heteroatoms. The fourth-order valence-corrected chi connectivity index (χ4v) is 3.92. The molecule has 2 rings (SSSR count). The van der Waals surface area contributed by atoms with Gasteiger partial charge in [-0.25, -0.2) is 13.1 Å². The maximum Gasteiger partial charge on any atom is 0.325 e. The number of nitrogens with zero attached hydrogens (tertiary/aromatic N) is 4. The summed E-state index contributed by atoms with van der Waals surface area (Å²) in [6, 6.07) is 5.79. The Morgan fingerprint density at radius 3 is 2.59 bits per heavy atom. The van der Waals surface area contributed by atoms with Crippen LogP contribution in [-0.2, 0) is 27.9 Å². The summed E-state index contributed by atoms with van der Waals surface area (Å²) in [6.45, 7) is 3.87. The minimum absolute atomic E-state index is 0.0332. The third kappa shape index (κ3) is 5.11. The van der Waals surface area contributed by atoms with Gasteiger partial charge in [-0.3, -0.25) is 9.59 Å². The fraction of sp³-hybridized carbons (Fsp3) is 0.375. The maximum absolute atomic E-state index is 12.6. The summed E-state index contributed by atoms with van der Waals surface area (Å²) in [6.07, 6.45) is 1.41. The molecule has 27 heavy (non-hydrogen) atoms. The second kappa shape index (κ2) is 8.73. The highest BCUT2D eigenvalue weighted by Gasteiger charge is 2.22. The summed E-state index contributed by atoms with van der Waals surface area (Å²) in [5.74, 6) is -1.53. The minimum atomic E-state index is -3.66. The van der Waals surface area contributed by atoms with Crippen LogP contribution in [0.1, 0.15) is 29.9 Å². The Morgan fingerprint density at radius 1 is 1.26 bits per heavy atom. The Balaban J connectivity index is 2.09. The summed E-state index contributed by atoms with van der Waals surface area (Å²) in [5.41, 5.74) is 0.581. The van der Waals surface area contributed by atoms with Crippen LogP contribution in [-0.4, -0.2) is 57.8 Å². The van der Waals surface area contributed by atoms with E-state index in [0.29, 0.717) is 18.8 Å². The molecule has 1 aromatic heterocycles. The van der Waals surface area contributed by atoms with Gasteiger partial charge >= 0.3 is 5.97 Å². The van der Waals surface area contributed by atoms with E-state index in [1.54, 1.807) is 13.8 Å². The normalized spacial score (nSPS) is 11.5. The second-order valence-corrected chi connectivity index (χ2v) is 7.54. The van der Waals surface area contributed by atoms with Crippen LogP contribution >= 0.6 is 0 Å². The molecule has 0 unspecified atom stereocenters. The molecule has 10 nitrogen and oxygen atoms in total. The number of benzene rings is 1. The first-order chi connectivity index (χ1) is 12.8. The van der Waals surface area contributed by atoms with Gasteiger partial charge in [-0.15, -0.1) is 5.10 Å². The van der Waals surface area contributed by atoms with Gasteiger partial charge in [0.15, 0.2) is 0 Å². The molecular formula is C16H21N5O5S. The Morgan fingerprint density at radius 2 is 1.96 bits per heavy atom. The van der Waals surface area contributed by atoms with Gasteiger partial charge in [-0.05, 0) is 18.2 Å². The van der Waals surface area contributed by atoms with E-state index in [-0.39, 0.29) is 23.5 Å². The van der Waals surface area contributed by atoms with Gasteiger partial charge in [0.05, 0.1) is 17.6 Å². The molecule has 2 N–H and O–H groups in total. The van der Waals surface area contributed by atoms with Crippen molar-refractivity contribution in [1.29, 1.82) is 0 Å². The quantitative estimate of drug-likeness (QED) is 0.624. The first-order valence-corrected chi connectivity index (χ1v) is 9.71. The number of hydrogen-bond donors (Lipinski definition) is 2. The number of rotatable bonds is 9. The van der Waals surface area contributed by atoms with Gasteiger partial charge in [0.2, 0.25) is 10.0 Å². The highest BCUT2D eigenvalue weighted by Crippen LogP contribution is 2.17. The number of aliphatic carboxylic acids is 1. The van der Waals surface area contributed by atoms with Crippen molar-refractivity contribution in [1.82, 2.24) is 24.6 Å². The highest BCUT2D eigenvalue weighted by atomic mass is 32.2. The van der Waals surface area contributed by atoms with Gasteiger partial charge in [0.1, 0.15) is 12.2 Å². The molecule has 0 aliphatic carbocycles. The van der Waals surface area contributed by atoms with Crippen molar-refractivity contribution >= 4 is 21.9 Å². The van der Waals surface area contributed by atoms with Crippen molar-refractivity contribution in [3.8, 4) is 0 Å². The molecule has 1 heterocycles. The van der Waals surface area contributed by atoms with Crippen LogP contribution in [0.5, 0.6) is 0 Å². The molecule has 2 aromatic rings. The Labute approximate surface area is 156 Å². The van der Waals surface area contributed by atoms with Crippen molar-refractivity contribution in [2.45, 2.75) is 31.8 Å². The third-order valence-electron chi connectivity index (χ3n) is 3.75. The van der Waals surface area contributed by atoms with Crippen LogP contribution in [0.4, 0.5) is 0 Å². The number of hydrogen-bond acceptors (Lipinski definition) is 6. The lowest BCUT2D eigenvalue weighted by Gasteiger charge is -2.18. The van der Waals surface area contributed by atoms with Crippen molar-refractivity contribution in [2.24, 2.45) is 0 Å². The predicted octanol–water partition coefficient (Wildman–Crippen LogP) is 0.323. The fourth-order valence-electron chi connectivity index (χ4n) is 2.42. The number of carbonyl (C=O) groups excluding carboxylic acids is 1. The van der Waals surface area contributed by atoms with E-state index in [2.05, 4.69) is 15.6 Å². The molecule has 0 bridgehead atoms. The van der Waals surface area contributed by atoms with E-state index in [1.165, 1.54) is 34.8 Å². The lowest BCUT2D eigenvalue weighted by Crippen LogP contribution is -2.31. The molecule has 1 amide bonds. The minimum Gasteiger partial charge on any atom is -0.480 e. The molecule has 146 valence electrons. The lowest BCUT2D eigenvalue weighted by atomic mass is 10.2. The zero-order valence-electron chi connectivity index (χ0n) is 15.0. The van der Waals surface area contributed by atoms with Gasteiger partial charge in [-0.2, -0.15) is 4.31 Å². The Hall–Kier alpha value is -2.79. The number of sulfonamides is 1. The second-order valence-electron chi connectivity index (χ2n) is 5.60. The number of amides is 1. The van der Waals surface area contributed by atoms with Gasteiger partial charge in [-0.1, -0.05) is 25.1 Å². The Bertz CT molecular complexity index is 921. The van der Waals surface area contributed by atoms with Crippen LogP contribution in [0.15, 0.2) is 35.4 Å². The largest absolute Gasteiger partial charge is 0.480 e. The van der Waals surface area contributed by atoms with E-state index in [0.717, 1.165) is 4.68 Å². The van der Waals surface area contributed by atoms with Crippen LogP contribution < -0.4 is 5.32 Å². The van der Waals surface area contributed by atoms with Gasteiger partial charge < -0.3 is 10.4 Å². The van der Waals surface area contributed by atoms with E-state index < -0.39 is 21.9 Å². The van der Waals surface area contributed by atoms with Crippen LogP contribution in [0, 0.1) is 0 Å². The van der Waals surface area contributed by atoms with E-state index in [4.69, 9.17) is 5.11 Å². The van der Waals surface area contributed by atoms with E-state index in [1.807, 2.05) is 0 Å². The average molecular weight is 395 g/mol.